The number of aromatic nitrogens is 2. The van der Waals surface area contributed by atoms with Gasteiger partial charge in [0.2, 0.25) is 5.91 Å². The molecule has 2 aromatic rings. The number of halogens is 1. The zero-order chi connectivity index (χ0) is 15.5. The monoisotopic (exact) mass is 304 g/mol. The van der Waals surface area contributed by atoms with Gasteiger partial charge in [0.1, 0.15) is 11.9 Å². The summed E-state index contributed by atoms with van der Waals surface area (Å²) in [5, 5.41) is 5.80. The topological polar surface area (TPSA) is 68.2 Å². The van der Waals surface area contributed by atoms with Crippen molar-refractivity contribution in [3.8, 4) is 5.69 Å². The Bertz CT molecular complexity index is 660. The molecule has 0 saturated carbocycles. The van der Waals surface area contributed by atoms with Crippen LogP contribution < -0.4 is 10.6 Å². The van der Waals surface area contributed by atoms with Crippen LogP contribution in [0.4, 0.5) is 10.1 Å². The summed E-state index contributed by atoms with van der Waals surface area (Å²) in [4.78, 5) is 16.1. The highest BCUT2D eigenvalue weighted by Gasteiger charge is 2.28. The maximum absolute atomic E-state index is 14.1. The fraction of sp³-hybridized carbons (Fsp3) is 0.333. The minimum Gasteiger partial charge on any atom is -0.375 e. The summed E-state index contributed by atoms with van der Waals surface area (Å²) >= 11 is 0. The second-order valence-electron chi connectivity index (χ2n) is 5.13. The summed E-state index contributed by atoms with van der Waals surface area (Å²) in [7, 11) is 0. The Hall–Kier alpha value is -2.25. The van der Waals surface area contributed by atoms with E-state index in [-0.39, 0.29) is 12.0 Å². The summed E-state index contributed by atoms with van der Waals surface area (Å²) in [5.41, 5.74) is 0.786. The minimum absolute atomic E-state index is 0.219. The first-order valence-electron chi connectivity index (χ1n) is 7.09. The first kappa shape index (κ1) is 14.7. The number of morpholine rings is 1. The van der Waals surface area contributed by atoms with Crippen molar-refractivity contribution in [3.63, 3.8) is 0 Å². The summed E-state index contributed by atoms with van der Waals surface area (Å²) < 4.78 is 21.1. The van der Waals surface area contributed by atoms with Gasteiger partial charge in [-0.3, -0.25) is 4.79 Å². The zero-order valence-corrected chi connectivity index (χ0v) is 12.1. The standard InChI is InChI=1S/C15H17FN4O2/c1-10-14(18-5-7-22-10)15(21)19-11-2-3-13(12(16)8-11)20-6-4-17-9-20/h2-4,6,8-10,14,18H,5,7H2,1H3,(H,19,21)/t10-,14+/m1/s1. The molecular weight excluding hydrogens is 287 g/mol. The minimum atomic E-state index is -0.440. The molecule has 1 aromatic carbocycles. The molecule has 22 heavy (non-hydrogen) atoms. The fourth-order valence-corrected chi connectivity index (χ4v) is 2.44. The van der Waals surface area contributed by atoms with E-state index in [0.717, 1.165) is 0 Å². The van der Waals surface area contributed by atoms with Gasteiger partial charge in [0.05, 0.1) is 24.7 Å². The lowest BCUT2D eigenvalue weighted by Crippen LogP contribution is -2.53. The van der Waals surface area contributed by atoms with Gasteiger partial charge < -0.3 is 19.9 Å². The Balaban J connectivity index is 1.73. The van der Waals surface area contributed by atoms with E-state index >= 15 is 0 Å². The van der Waals surface area contributed by atoms with Crippen LogP contribution in [0.2, 0.25) is 0 Å². The largest absolute Gasteiger partial charge is 0.375 e. The highest BCUT2D eigenvalue weighted by atomic mass is 19.1. The van der Waals surface area contributed by atoms with Gasteiger partial charge >= 0.3 is 0 Å². The van der Waals surface area contributed by atoms with Gasteiger partial charge in [-0.1, -0.05) is 0 Å². The van der Waals surface area contributed by atoms with Crippen molar-refractivity contribution in [1.82, 2.24) is 14.9 Å². The lowest BCUT2D eigenvalue weighted by Gasteiger charge is -2.29. The summed E-state index contributed by atoms with van der Waals surface area (Å²) in [6, 6.07) is 4.11. The molecule has 0 radical (unpaired) electrons. The Morgan fingerprint density at radius 1 is 1.55 bits per heavy atom. The molecular formula is C15H17FN4O2. The number of benzene rings is 1. The van der Waals surface area contributed by atoms with E-state index in [1.165, 1.54) is 12.4 Å². The van der Waals surface area contributed by atoms with Crippen LogP contribution in [0.5, 0.6) is 0 Å². The molecule has 0 bridgehead atoms. The van der Waals surface area contributed by atoms with Crippen LogP contribution in [0.3, 0.4) is 0 Å². The van der Waals surface area contributed by atoms with Crippen molar-refractivity contribution in [2.75, 3.05) is 18.5 Å². The van der Waals surface area contributed by atoms with Crippen molar-refractivity contribution < 1.29 is 13.9 Å². The molecule has 1 aliphatic heterocycles. The molecule has 1 aliphatic rings. The zero-order valence-electron chi connectivity index (χ0n) is 12.1. The van der Waals surface area contributed by atoms with Gasteiger partial charge in [-0.2, -0.15) is 0 Å². The van der Waals surface area contributed by atoms with E-state index in [1.54, 1.807) is 29.1 Å². The van der Waals surface area contributed by atoms with E-state index in [0.29, 0.717) is 24.5 Å². The molecule has 0 spiro atoms. The maximum atomic E-state index is 14.1. The second-order valence-corrected chi connectivity index (χ2v) is 5.13. The molecule has 1 saturated heterocycles. The molecule has 116 valence electrons. The number of ether oxygens (including phenoxy) is 1. The van der Waals surface area contributed by atoms with E-state index in [4.69, 9.17) is 4.74 Å². The van der Waals surface area contributed by atoms with Gasteiger partial charge in [-0.05, 0) is 25.1 Å². The van der Waals surface area contributed by atoms with E-state index in [9.17, 15) is 9.18 Å². The molecule has 6 nitrogen and oxygen atoms in total. The Morgan fingerprint density at radius 2 is 2.41 bits per heavy atom. The third kappa shape index (κ3) is 3.00. The normalized spacial score (nSPS) is 21.5. The number of nitrogens with zero attached hydrogens (tertiary/aromatic N) is 2. The van der Waals surface area contributed by atoms with Crippen LogP contribution in [0.15, 0.2) is 36.9 Å². The number of carbonyl (C=O) groups is 1. The number of hydrogen-bond donors (Lipinski definition) is 2. The van der Waals surface area contributed by atoms with Gasteiger partial charge in [-0.25, -0.2) is 9.37 Å². The Labute approximate surface area is 127 Å². The fourth-order valence-electron chi connectivity index (χ4n) is 2.44. The van der Waals surface area contributed by atoms with E-state index in [1.807, 2.05) is 6.92 Å². The smallest absolute Gasteiger partial charge is 0.244 e. The Morgan fingerprint density at radius 3 is 3.09 bits per heavy atom. The molecule has 1 amide bonds. The number of anilines is 1. The second kappa shape index (κ2) is 6.25. The number of amides is 1. The van der Waals surface area contributed by atoms with Crippen molar-refractivity contribution in [3.05, 3.63) is 42.7 Å². The van der Waals surface area contributed by atoms with Crippen LogP contribution in [-0.4, -0.2) is 40.8 Å². The van der Waals surface area contributed by atoms with Gasteiger partial charge in [0.15, 0.2) is 0 Å². The molecule has 2 heterocycles. The van der Waals surface area contributed by atoms with Crippen molar-refractivity contribution in [1.29, 1.82) is 0 Å². The van der Waals surface area contributed by atoms with Gasteiger partial charge in [0.25, 0.3) is 0 Å². The predicted molar refractivity (Wildman–Crippen MR) is 79.4 cm³/mol. The third-order valence-electron chi connectivity index (χ3n) is 3.60. The van der Waals surface area contributed by atoms with Crippen molar-refractivity contribution in [2.45, 2.75) is 19.1 Å². The lowest BCUT2D eigenvalue weighted by atomic mass is 10.1. The summed E-state index contributed by atoms with van der Waals surface area (Å²) in [6.07, 6.45) is 4.53. The SMILES string of the molecule is C[C@H]1OCCN[C@@H]1C(=O)Nc1ccc(-n2ccnc2)c(F)c1. The van der Waals surface area contributed by atoms with Crippen LogP contribution in [0.25, 0.3) is 5.69 Å². The predicted octanol–water partition coefficient (Wildman–Crippen LogP) is 1.33. The number of imidazole rings is 1. The number of carbonyl (C=O) groups excluding carboxylic acids is 1. The van der Waals surface area contributed by atoms with E-state index in [2.05, 4.69) is 15.6 Å². The van der Waals surface area contributed by atoms with Crippen LogP contribution in [0.1, 0.15) is 6.92 Å². The molecule has 2 N–H and O–H groups in total. The molecule has 7 heteroatoms. The summed E-state index contributed by atoms with van der Waals surface area (Å²) in [6.45, 7) is 3.04. The van der Waals surface area contributed by atoms with Crippen LogP contribution in [-0.2, 0) is 9.53 Å². The highest BCUT2D eigenvalue weighted by molar-refractivity contribution is 5.95. The van der Waals surface area contributed by atoms with Crippen LogP contribution >= 0.6 is 0 Å². The molecule has 2 atom stereocenters. The number of hydrogen-bond acceptors (Lipinski definition) is 4. The van der Waals surface area contributed by atoms with E-state index < -0.39 is 11.9 Å². The first-order chi connectivity index (χ1) is 10.6. The van der Waals surface area contributed by atoms with Crippen molar-refractivity contribution in [2.24, 2.45) is 0 Å². The summed E-state index contributed by atoms with van der Waals surface area (Å²) in [5.74, 6) is -0.668. The average Bonchev–Trinajstić information content (AvgIpc) is 3.01. The third-order valence-corrected chi connectivity index (χ3v) is 3.60. The van der Waals surface area contributed by atoms with Gasteiger partial charge in [-0.15, -0.1) is 0 Å². The van der Waals surface area contributed by atoms with Crippen molar-refractivity contribution >= 4 is 11.6 Å². The number of nitrogens with one attached hydrogen (secondary N) is 2. The first-order valence-corrected chi connectivity index (χ1v) is 7.09. The lowest BCUT2D eigenvalue weighted by molar-refractivity contribution is -0.123. The highest BCUT2D eigenvalue weighted by Crippen LogP contribution is 2.18. The quantitative estimate of drug-likeness (QED) is 0.897. The molecule has 0 aliphatic carbocycles. The molecule has 0 unspecified atom stereocenters. The van der Waals surface area contributed by atoms with Crippen LogP contribution in [0, 0.1) is 5.82 Å². The maximum Gasteiger partial charge on any atom is 0.244 e. The number of rotatable bonds is 3. The Kier molecular flexibility index (Phi) is 4.17. The molecule has 1 aromatic heterocycles. The molecule has 1 fully saturated rings. The van der Waals surface area contributed by atoms with Gasteiger partial charge in [0, 0.05) is 24.6 Å². The average molecular weight is 304 g/mol. The molecule has 3 rings (SSSR count).